The van der Waals surface area contributed by atoms with Crippen molar-refractivity contribution in [1.29, 1.82) is 0 Å². The van der Waals surface area contributed by atoms with Crippen LogP contribution in [0.15, 0.2) is 72.8 Å². The zero-order valence-electron chi connectivity index (χ0n) is 18.9. The zero-order valence-corrected chi connectivity index (χ0v) is 18.9. The molecule has 3 aromatic carbocycles. The summed E-state index contributed by atoms with van der Waals surface area (Å²) in [5, 5.41) is 6.44. The quantitative estimate of drug-likeness (QED) is 0.376. The largest absolute Gasteiger partial charge is 0.351 e. The topological polar surface area (TPSA) is 63.1 Å². The fourth-order valence-corrected chi connectivity index (χ4v) is 3.75. The normalized spacial score (nSPS) is 11.1. The lowest BCUT2D eigenvalue weighted by atomic mass is 10.2. The molecule has 0 unspecified atom stereocenters. The molecule has 0 radical (unpaired) electrons. The van der Waals surface area contributed by atoms with Gasteiger partial charge in [0.15, 0.2) is 0 Å². The third-order valence-corrected chi connectivity index (χ3v) is 5.38. The summed E-state index contributed by atoms with van der Waals surface area (Å²) >= 11 is 0. The van der Waals surface area contributed by atoms with Crippen LogP contribution < -0.4 is 10.6 Å². The molecule has 0 aliphatic heterocycles. The molecule has 2 N–H and O–H groups in total. The van der Waals surface area contributed by atoms with Crippen molar-refractivity contribution in [2.24, 2.45) is 5.92 Å². The molecular weight excluding hydrogens is 436 g/mol. The molecule has 0 atom stereocenters. The Morgan fingerprint density at radius 3 is 2.32 bits per heavy atom. The van der Waals surface area contributed by atoms with Crippen molar-refractivity contribution in [3.8, 4) is 0 Å². The first kappa shape index (κ1) is 23.2. The highest BCUT2D eigenvalue weighted by Gasteiger charge is 2.17. The number of halogens is 2. The number of nitrogens with zero attached hydrogens (tertiary/aromatic N) is 1. The molecule has 0 spiro atoms. The zero-order chi connectivity index (χ0) is 24.2. The summed E-state index contributed by atoms with van der Waals surface area (Å²) in [6.07, 6.45) is 0. The SMILES string of the molecule is CC(C)CNC(=O)c1cc2cc(NC(=O)c3cccc(F)c3)ccc2n1Cc1cccc(F)c1. The lowest BCUT2D eigenvalue weighted by molar-refractivity contribution is 0.0940. The Bertz CT molecular complexity index is 1360. The number of nitrogens with one attached hydrogen (secondary N) is 2. The Kier molecular flexibility index (Phi) is 6.72. The molecule has 4 aromatic rings. The van der Waals surface area contributed by atoms with Gasteiger partial charge < -0.3 is 15.2 Å². The van der Waals surface area contributed by atoms with E-state index in [1.165, 1.54) is 36.4 Å². The van der Waals surface area contributed by atoms with E-state index < -0.39 is 11.7 Å². The second kappa shape index (κ2) is 9.87. The highest BCUT2D eigenvalue weighted by Crippen LogP contribution is 2.25. The maximum absolute atomic E-state index is 13.8. The molecule has 0 saturated heterocycles. The van der Waals surface area contributed by atoms with Gasteiger partial charge in [-0.05, 0) is 66.1 Å². The van der Waals surface area contributed by atoms with Gasteiger partial charge in [-0.25, -0.2) is 8.78 Å². The van der Waals surface area contributed by atoms with E-state index in [9.17, 15) is 18.4 Å². The number of carbonyl (C=O) groups is 2. The predicted octanol–water partition coefficient (Wildman–Crippen LogP) is 5.61. The van der Waals surface area contributed by atoms with Crippen LogP contribution in [0.25, 0.3) is 10.9 Å². The maximum Gasteiger partial charge on any atom is 0.267 e. The third kappa shape index (κ3) is 5.31. The molecule has 1 aromatic heterocycles. The van der Waals surface area contributed by atoms with E-state index >= 15 is 0 Å². The van der Waals surface area contributed by atoms with Gasteiger partial charge in [-0.2, -0.15) is 0 Å². The van der Waals surface area contributed by atoms with Gasteiger partial charge in [0, 0.05) is 35.2 Å². The molecule has 7 heteroatoms. The van der Waals surface area contributed by atoms with Gasteiger partial charge in [0.25, 0.3) is 11.8 Å². The third-order valence-electron chi connectivity index (χ3n) is 5.38. The van der Waals surface area contributed by atoms with Crippen LogP contribution in [-0.2, 0) is 6.54 Å². The summed E-state index contributed by atoms with van der Waals surface area (Å²) in [6, 6.07) is 18.7. The molecule has 0 saturated carbocycles. The van der Waals surface area contributed by atoms with Crippen LogP contribution in [0.1, 0.15) is 40.3 Å². The van der Waals surface area contributed by atoms with Gasteiger partial charge in [0.05, 0.1) is 0 Å². The Hall–Kier alpha value is -4.00. The number of carbonyl (C=O) groups excluding carboxylic acids is 2. The molecular formula is C27H25F2N3O2. The van der Waals surface area contributed by atoms with Crippen molar-refractivity contribution in [3.05, 3.63) is 101 Å². The van der Waals surface area contributed by atoms with Crippen molar-refractivity contribution in [3.63, 3.8) is 0 Å². The molecule has 0 fully saturated rings. The van der Waals surface area contributed by atoms with Gasteiger partial charge in [-0.15, -0.1) is 0 Å². The van der Waals surface area contributed by atoms with Crippen LogP contribution in [0.2, 0.25) is 0 Å². The van der Waals surface area contributed by atoms with Gasteiger partial charge in [-0.3, -0.25) is 9.59 Å². The summed E-state index contributed by atoms with van der Waals surface area (Å²) in [5.74, 6) is -1.22. The van der Waals surface area contributed by atoms with E-state index in [1.807, 2.05) is 18.4 Å². The Morgan fingerprint density at radius 1 is 0.882 bits per heavy atom. The maximum atomic E-state index is 13.8. The number of hydrogen-bond acceptors (Lipinski definition) is 2. The lowest BCUT2D eigenvalue weighted by Crippen LogP contribution is -2.29. The number of rotatable bonds is 7. The van der Waals surface area contributed by atoms with Crippen molar-refractivity contribution in [1.82, 2.24) is 9.88 Å². The first-order valence-corrected chi connectivity index (χ1v) is 11.0. The molecule has 174 valence electrons. The van der Waals surface area contributed by atoms with Crippen LogP contribution in [0.5, 0.6) is 0 Å². The molecule has 34 heavy (non-hydrogen) atoms. The van der Waals surface area contributed by atoms with E-state index in [1.54, 1.807) is 36.4 Å². The first-order valence-electron chi connectivity index (χ1n) is 11.0. The van der Waals surface area contributed by atoms with E-state index in [0.717, 1.165) is 16.5 Å². The molecule has 4 rings (SSSR count). The summed E-state index contributed by atoms with van der Waals surface area (Å²) in [6.45, 7) is 4.85. The minimum atomic E-state index is -0.491. The van der Waals surface area contributed by atoms with Crippen LogP contribution in [-0.4, -0.2) is 22.9 Å². The van der Waals surface area contributed by atoms with Crippen LogP contribution in [0.3, 0.4) is 0 Å². The molecule has 2 amide bonds. The number of benzene rings is 3. The summed E-state index contributed by atoms with van der Waals surface area (Å²) < 4.78 is 29.1. The minimum Gasteiger partial charge on any atom is -0.351 e. The van der Waals surface area contributed by atoms with Gasteiger partial charge in [-0.1, -0.05) is 32.0 Å². The standard InChI is InChI=1S/C27H25F2N3O2/c1-17(2)15-30-27(34)25-14-20-13-23(31-26(33)19-6-4-8-22(29)12-19)9-10-24(20)32(25)16-18-5-3-7-21(28)11-18/h3-14,17H,15-16H2,1-2H3,(H,30,34)(H,31,33). The van der Waals surface area contributed by atoms with Crippen molar-refractivity contribution < 1.29 is 18.4 Å². The second-order valence-corrected chi connectivity index (χ2v) is 8.59. The van der Waals surface area contributed by atoms with E-state index in [2.05, 4.69) is 10.6 Å². The molecule has 0 aliphatic carbocycles. The fourth-order valence-electron chi connectivity index (χ4n) is 3.75. The molecule has 1 heterocycles. The average Bonchev–Trinajstić information content (AvgIpc) is 3.15. The van der Waals surface area contributed by atoms with Crippen LogP contribution >= 0.6 is 0 Å². The highest BCUT2D eigenvalue weighted by molar-refractivity contribution is 6.06. The molecule has 0 bridgehead atoms. The highest BCUT2D eigenvalue weighted by atomic mass is 19.1. The van der Waals surface area contributed by atoms with E-state index in [-0.39, 0.29) is 23.2 Å². The van der Waals surface area contributed by atoms with Crippen molar-refractivity contribution in [2.45, 2.75) is 20.4 Å². The van der Waals surface area contributed by atoms with Crippen LogP contribution in [0, 0.1) is 17.6 Å². The molecule has 5 nitrogen and oxygen atoms in total. The Labute approximate surface area is 196 Å². The van der Waals surface area contributed by atoms with Gasteiger partial charge in [0.2, 0.25) is 0 Å². The number of hydrogen-bond donors (Lipinski definition) is 2. The summed E-state index contributed by atoms with van der Waals surface area (Å²) in [7, 11) is 0. The monoisotopic (exact) mass is 461 g/mol. The molecule has 0 aliphatic rings. The average molecular weight is 462 g/mol. The number of fused-ring (bicyclic) bond motifs is 1. The van der Waals surface area contributed by atoms with Crippen molar-refractivity contribution in [2.75, 3.05) is 11.9 Å². The predicted molar refractivity (Wildman–Crippen MR) is 129 cm³/mol. The number of anilines is 1. The summed E-state index contributed by atoms with van der Waals surface area (Å²) in [5.41, 5.74) is 2.64. The van der Waals surface area contributed by atoms with E-state index in [0.29, 0.717) is 24.5 Å². The van der Waals surface area contributed by atoms with E-state index in [4.69, 9.17) is 0 Å². The van der Waals surface area contributed by atoms with Gasteiger partial charge >= 0.3 is 0 Å². The smallest absolute Gasteiger partial charge is 0.267 e. The van der Waals surface area contributed by atoms with Crippen molar-refractivity contribution >= 4 is 28.4 Å². The Balaban J connectivity index is 1.68. The summed E-state index contributed by atoms with van der Waals surface area (Å²) in [4.78, 5) is 25.5. The minimum absolute atomic E-state index is 0.206. The fraction of sp³-hybridized carbons (Fsp3) is 0.185. The number of aromatic nitrogens is 1. The van der Waals surface area contributed by atoms with Crippen LogP contribution in [0.4, 0.5) is 14.5 Å². The second-order valence-electron chi connectivity index (χ2n) is 8.59. The number of amides is 2. The first-order chi connectivity index (χ1) is 16.3. The van der Waals surface area contributed by atoms with Gasteiger partial charge in [0.1, 0.15) is 17.3 Å². The Morgan fingerprint density at radius 2 is 1.62 bits per heavy atom. The lowest BCUT2D eigenvalue weighted by Gasteiger charge is -2.13.